The van der Waals surface area contributed by atoms with Crippen LogP contribution >= 0.6 is 23.1 Å². The second-order valence-electron chi connectivity index (χ2n) is 5.39. The Balaban J connectivity index is 2.06. The Hall–Kier alpha value is -0.810. The molecule has 0 saturated heterocycles. The SMILES string of the molecule is CSc1ccc(CN(Cc2sccc2C)C[C@@H](C)O)cc1. The number of aliphatic hydroxyl groups is 1. The highest BCUT2D eigenvalue weighted by atomic mass is 32.2. The minimum absolute atomic E-state index is 0.310. The molecule has 1 heterocycles. The Morgan fingerprint density at radius 2 is 1.90 bits per heavy atom. The number of aliphatic hydroxyl groups excluding tert-OH is 1. The fourth-order valence-electron chi connectivity index (χ4n) is 2.32. The number of rotatable bonds is 7. The second kappa shape index (κ2) is 7.99. The summed E-state index contributed by atoms with van der Waals surface area (Å²) in [6.45, 7) is 6.47. The third-order valence-corrected chi connectivity index (χ3v) is 5.17. The van der Waals surface area contributed by atoms with E-state index in [1.165, 1.54) is 20.9 Å². The van der Waals surface area contributed by atoms with E-state index in [9.17, 15) is 5.11 Å². The molecule has 4 heteroatoms. The molecule has 0 unspecified atom stereocenters. The third-order valence-electron chi connectivity index (χ3n) is 3.42. The maximum atomic E-state index is 9.74. The van der Waals surface area contributed by atoms with Crippen LogP contribution in [0.3, 0.4) is 0 Å². The van der Waals surface area contributed by atoms with Crippen LogP contribution in [-0.2, 0) is 13.1 Å². The summed E-state index contributed by atoms with van der Waals surface area (Å²) < 4.78 is 0. The van der Waals surface area contributed by atoms with Crippen LogP contribution in [0.5, 0.6) is 0 Å². The lowest BCUT2D eigenvalue weighted by Crippen LogP contribution is -2.30. The van der Waals surface area contributed by atoms with Gasteiger partial charge in [-0.15, -0.1) is 23.1 Å². The zero-order valence-corrected chi connectivity index (χ0v) is 14.5. The fraction of sp³-hybridized carbons (Fsp3) is 0.412. The molecule has 2 rings (SSSR count). The highest BCUT2D eigenvalue weighted by Crippen LogP contribution is 2.20. The Morgan fingerprint density at radius 3 is 2.43 bits per heavy atom. The molecule has 1 aromatic heterocycles. The maximum absolute atomic E-state index is 9.74. The molecule has 0 amide bonds. The average molecular weight is 322 g/mol. The summed E-state index contributed by atoms with van der Waals surface area (Å²) in [4.78, 5) is 4.99. The summed E-state index contributed by atoms with van der Waals surface area (Å²) in [5.74, 6) is 0. The van der Waals surface area contributed by atoms with E-state index in [0.717, 1.165) is 13.1 Å². The van der Waals surface area contributed by atoms with E-state index in [4.69, 9.17) is 0 Å². The Labute approximate surface area is 135 Å². The molecule has 1 aromatic carbocycles. The predicted molar refractivity (Wildman–Crippen MR) is 93.1 cm³/mol. The minimum atomic E-state index is -0.310. The van der Waals surface area contributed by atoms with E-state index in [-0.39, 0.29) is 6.10 Å². The molecule has 0 aliphatic heterocycles. The number of aryl methyl sites for hydroxylation is 1. The number of nitrogens with zero attached hydrogens (tertiary/aromatic N) is 1. The van der Waals surface area contributed by atoms with Gasteiger partial charge >= 0.3 is 0 Å². The van der Waals surface area contributed by atoms with Gasteiger partial charge in [-0.25, -0.2) is 0 Å². The van der Waals surface area contributed by atoms with Gasteiger partial charge in [0.1, 0.15) is 0 Å². The minimum Gasteiger partial charge on any atom is -0.392 e. The highest BCUT2D eigenvalue weighted by molar-refractivity contribution is 7.98. The van der Waals surface area contributed by atoms with Crippen molar-refractivity contribution < 1.29 is 5.11 Å². The molecule has 0 fully saturated rings. The Morgan fingerprint density at radius 1 is 1.19 bits per heavy atom. The zero-order chi connectivity index (χ0) is 15.2. The van der Waals surface area contributed by atoms with E-state index in [2.05, 4.69) is 53.8 Å². The molecule has 1 N–H and O–H groups in total. The number of thioether (sulfide) groups is 1. The topological polar surface area (TPSA) is 23.5 Å². The van der Waals surface area contributed by atoms with Crippen LogP contribution in [0, 0.1) is 6.92 Å². The van der Waals surface area contributed by atoms with Crippen molar-refractivity contribution in [3.63, 3.8) is 0 Å². The van der Waals surface area contributed by atoms with Crippen molar-refractivity contribution in [3.05, 3.63) is 51.7 Å². The van der Waals surface area contributed by atoms with Crippen LogP contribution in [0.15, 0.2) is 40.6 Å². The molecule has 0 aliphatic rings. The third kappa shape index (κ3) is 5.15. The molecule has 2 nitrogen and oxygen atoms in total. The summed E-state index contributed by atoms with van der Waals surface area (Å²) in [6.07, 6.45) is 1.78. The first-order valence-corrected chi connectivity index (χ1v) is 9.25. The lowest BCUT2D eigenvalue weighted by atomic mass is 10.2. The fourth-order valence-corrected chi connectivity index (χ4v) is 3.67. The monoisotopic (exact) mass is 321 g/mol. The number of hydrogen-bond donors (Lipinski definition) is 1. The summed E-state index contributed by atoms with van der Waals surface area (Å²) >= 11 is 3.56. The summed E-state index contributed by atoms with van der Waals surface area (Å²) in [7, 11) is 0. The van der Waals surface area contributed by atoms with Gasteiger partial charge in [0.05, 0.1) is 6.10 Å². The normalized spacial score (nSPS) is 12.8. The molecular weight excluding hydrogens is 298 g/mol. The van der Waals surface area contributed by atoms with Crippen molar-refractivity contribution in [1.29, 1.82) is 0 Å². The van der Waals surface area contributed by atoms with Crippen LogP contribution in [0.1, 0.15) is 22.9 Å². The van der Waals surface area contributed by atoms with Crippen LogP contribution in [0.4, 0.5) is 0 Å². The molecule has 21 heavy (non-hydrogen) atoms. The first kappa shape index (κ1) is 16.6. The van der Waals surface area contributed by atoms with E-state index in [1.54, 1.807) is 23.1 Å². The summed E-state index contributed by atoms with van der Waals surface area (Å²) in [5.41, 5.74) is 2.64. The molecule has 114 valence electrons. The number of thiophene rings is 1. The van der Waals surface area contributed by atoms with Gasteiger partial charge in [0.25, 0.3) is 0 Å². The Bertz CT molecular complexity index is 548. The molecule has 0 aliphatic carbocycles. The van der Waals surface area contributed by atoms with Gasteiger partial charge in [-0.3, -0.25) is 4.90 Å². The number of benzene rings is 1. The second-order valence-corrected chi connectivity index (χ2v) is 7.27. The predicted octanol–water partition coefficient (Wildman–Crippen LogP) is 4.16. The molecule has 0 bridgehead atoms. The summed E-state index contributed by atoms with van der Waals surface area (Å²) in [5, 5.41) is 11.9. The number of hydrogen-bond acceptors (Lipinski definition) is 4. The quantitative estimate of drug-likeness (QED) is 0.775. The van der Waals surface area contributed by atoms with Crippen LogP contribution in [0.2, 0.25) is 0 Å². The van der Waals surface area contributed by atoms with Crippen molar-refractivity contribution in [2.45, 2.75) is 37.9 Å². The lowest BCUT2D eigenvalue weighted by molar-refractivity contribution is 0.118. The molecule has 2 aromatic rings. The molecule has 0 radical (unpaired) electrons. The Kier molecular flexibility index (Phi) is 6.30. The van der Waals surface area contributed by atoms with Crippen molar-refractivity contribution in [2.75, 3.05) is 12.8 Å². The van der Waals surface area contributed by atoms with Gasteiger partial charge in [0.2, 0.25) is 0 Å². The van der Waals surface area contributed by atoms with Gasteiger partial charge in [-0.2, -0.15) is 0 Å². The van der Waals surface area contributed by atoms with Gasteiger partial charge in [-0.1, -0.05) is 12.1 Å². The molecule has 1 atom stereocenters. The van der Waals surface area contributed by atoms with E-state index >= 15 is 0 Å². The van der Waals surface area contributed by atoms with E-state index < -0.39 is 0 Å². The van der Waals surface area contributed by atoms with Gasteiger partial charge in [-0.05, 0) is 54.8 Å². The smallest absolute Gasteiger partial charge is 0.0639 e. The molecule has 0 spiro atoms. The van der Waals surface area contributed by atoms with Crippen LogP contribution in [0.25, 0.3) is 0 Å². The van der Waals surface area contributed by atoms with Gasteiger partial charge in [0, 0.05) is 29.4 Å². The first-order valence-electron chi connectivity index (χ1n) is 7.15. The van der Waals surface area contributed by atoms with E-state index in [1.807, 2.05) is 6.92 Å². The van der Waals surface area contributed by atoms with Crippen molar-refractivity contribution >= 4 is 23.1 Å². The van der Waals surface area contributed by atoms with Crippen LogP contribution < -0.4 is 0 Å². The first-order chi connectivity index (χ1) is 10.1. The van der Waals surface area contributed by atoms with Crippen LogP contribution in [-0.4, -0.2) is 28.9 Å². The maximum Gasteiger partial charge on any atom is 0.0639 e. The highest BCUT2D eigenvalue weighted by Gasteiger charge is 2.12. The zero-order valence-electron chi connectivity index (χ0n) is 12.9. The van der Waals surface area contributed by atoms with Crippen molar-refractivity contribution in [2.24, 2.45) is 0 Å². The standard InChI is InChI=1S/C17H23NOS2/c1-13-8-9-21-17(13)12-18(10-14(2)19)11-15-4-6-16(20-3)7-5-15/h4-9,14,19H,10-12H2,1-3H3/t14-/m1/s1. The molecular formula is C17H23NOS2. The lowest BCUT2D eigenvalue weighted by Gasteiger charge is -2.23. The average Bonchev–Trinajstić information content (AvgIpc) is 2.84. The van der Waals surface area contributed by atoms with Gasteiger partial charge < -0.3 is 5.11 Å². The van der Waals surface area contributed by atoms with Crippen molar-refractivity contribution in [1.82, 2.24) is 4.90 Å². The summed E-state index contributed by atoms with van der Waals surface area (Å²) in [6, 6.07) is 10.9. The van der Waals surface area contributed by atoms with E-state index in [0.29, 0.717) is 6.54 Å². The van der Waals surface area contributed by atoms with Crippen molar-refractivity contribution in [3.8, 4) is 0 Å². The van der Waals surface area contributed by atoms with Gasteiger partial charge in [0.15, 0.2) is 0 Å². The molecule has 0 saturated carbocycles. The largest absolute Gasteiger partial charge is 0.392 e.